The molecular weight excluding hydrogens is 346 g/mol. The van der Waals surface area contributed by atoms with Gasteiger partial charge in [0.2, 0.25) is 0 Å². The van der Waals surface area contributed by atoms with Crippen LogP contribution in [0.15, 0.2) is 53.1 Å². The normalized spacial score (nSPS) is 10.6. The summed E-state index contributed by atoms with van der Waals surface area (Å²) in [5.74, 6) is 0.678. The molecule has 0 aliphatic carbocycles. The summed E-state index contributed by atoms with van der Waals surface area (Å²) in [6.45, 7) is 1.98. The lowest BCUT2D eigenvalue weighted by Gasteiger charge is -2.09. The topological polar surface area (TPSA) is 41.6 Å². The van der Waals surface area contributed by atoms with Crippen LogP contribution in [0.5, 0.6) is 0 Å². The number of aromatic amines is 1. The van der Waals surface area contributed by atoms with E-state index in [2.05, 4.69) is 30.9 Å². The highest BCUT2D eigenvalue weighted by molar-refractivity contribution is 9.10. The van der Waals surface area contributed by atoms with Crippen molar-refractivity contribution in [2.75, 3.05) is 0 Å². The Morgan fingerprint density at radius 2 is 1.86 bits per heavy atom. The Balaban J connectivity index is 2.19. The molecular formula is C16H12BrN3S. The van der Waals surface area contributed by atoms with Gasteiger partial charge in [-0.2, -0.15) is 0 Å². The van der Waals surface area contributed by atoms with Crippen molar-refractivity contribution in [3.63, 3.8) is 0 Å². The highest BCUT2D eigenvalue weighted by Gasteiger charge is 2.09. The van der Waals surface area contributed by atoms with Gasteiger partial charge in [0.1, 0.15) is 10.3 Å². The molecule has 0 saturated carbocycles. The zero-order valence-corrected chi connectivity index (χ0v) is 13.7. The van der Waals surface area contributed by atoms with Crippen LogP contribution in [0, 0.1) is 11.6 Å². The molecule has 0 bridgehead atoms. The highest BCUT2D eigenvalue weighted by atomic mass is 79.9. The Bertz CT molecular complexity index is 826. The van der Waals surface area contributed by atoms with Crippen molar-refractivity contribution in [2.45, 2.75) is 6.92 Å². The Morgan fingerprint density at radius 1 is 1.10 bits per heavy atom. The third-order valence-electron chi connectivity index (χ3n) is 3.19. The lowest BCUT2D eigenvalue weighted by molar-refractivity contribution is 1.10. The predicted octanol–water partition coefficient (Wildman–Crippen LogP) is 4.94. The number of benzene rings is 1. The number of H-pyrrole nitrogens is 1. The quantitative estimate of drug-likeness (QED) is 0.660. The molecule has 0 aliphatic heterocycles. The van der Waals surface area contributed by atoms with Crippen LogP contribution in [0.4, 0.5) is 0 Å². The van der Waals surface area contributed by atoms with Gasteiger partial charge in [-0.1, -0.05) is 42.5 Å². The van der Waals surface area contributed by atoms with E-state index in [0.29, 0.717) is 10.5 Å². The van der Waals surface area contributed by atoms with Gasteiger partial charge in [-0.3, -0.25) is 4.98 Å². The maximum absolute atomic E-state index is 5.39. The lowest BCUT2D eigenvalue weighted by Crippen LogP contribution is -1.98. The number of nitrogens with zero attached hydrogens (tertiary/aromatic N) is 2. The number of rotatable bonds is 2. The maximum atomic E-state index is 5.39. The van der Waals surface area contributed by atoms with E-state index in [1.165, 1.54) is 0 Å². The van der Waals surface area contributed by atoms with E-state index in [1.54, 1.807) is 6.20 Å². The molecule has 0 radical (unpaired) electrons. The van der Waals surface area contributed by atoms with E-state index < -0.39 is 0 Å². The first kappa shape index (κ1) is 14.1. The minimum absolute atomic E-state index is 0.590. The minimum Gasteiger partial charge on any atom is -0.338 e. The molecule has 3 aromatic rings. The fourth-order valence-corrected chi connectivity index (χ4v) is 2.49. The van der Waals surface area contributed by atoms with Crippen molar-refractivity contribution >= 4 is 28.1 Å². The Hall–Kier alpha value is -1.85. The van der Waals surface area contributed by atoms with Crippen molar-refractivity contribution < 1.29 is 0 Å². The first-order valence-corrected chi connectivity index (χ1v) is 7.63. The number of hydrogen-bond donors (Lipinski definition) is 1. The molecule has 0 saturated heterocycles. The summed E-state index contributed by atoms with van der Waals surface area (Å²) < 4.78 is 1.52. The van der Waals surface area contributed by atoms with Gasteiger partial charge in [-0.05, 0) is 40.5 Å². The predicted molar refractivity (Wildman–Crippen MR) is 90.5 cm³/mol. The van der Waals surface area contributed by atoms with E-state index >= 15 is 0 Å². The standard InChI is InChI=1S/C16H12BrN3S/c1-10-14(11-5-3-2-4-6-11)19-15(20-16(10)21)13-8-7-12(17)9-18-13/h2-9H,1H3,(H,19,20,21). The molecule has 0 atom stereocenters. The SMILES string of the molecule is Cc1c(-c2ccccc2)[nH]c(-c2ccc(Br)cn2)nc1=S. The van der Waals surface area contributed by atoms with Gasteiger partial charge >= 0.3 is 0 Å². The van der Waals surface area contributed by atoms with Crippen LogP contribution in [-0.2, 0) is 0 Å². The van der Waals surface area contributed by atoms with Crippen molar-refractivity contribution in [3.8, 4) is 22.8 Å². The van der Waals surface area contributed by atoms with Gasteiger partial charge in [0.25, 0.3) is 0 Å². The van der Waals surface area contributed by atoms with Crippen molar-refractivity contribution in [1.29, 1.82) is 0 Å². The van der Waals surface area contributed by atoms with Crippen molar-refractivity contribution in [3.05, 3.63) is 63.3 Å². The van der Waals surface area contributed by atoms with Crippen molar-refractivity contribution in [2.24, 2.45) is 0 Å². The summed E-state index contributed by atoms with van der Waals surface area (Å²) in [5, 5.41) is 0. The summed E-state index contributed by atoms with van der Waals surface area (Å²) in [5.41, 5.74) is 3.80. The van der Waals surface area contributed by atoms with E-state index in [9.17, 15) is 0 Å². The molecule has 0 spiro atoms. The molecule has 0 unspecified atom stereocenters. The molecule has 0 amide bonds. The van der Waals surface area contributed by atoms with Gasteiger partial charge in [-0.15, -0.1) is 0 Å². The van der Waals surface area contributed by atoms with Crippen LogP contribution in [0.25, 0.3) is 22.8 Å². The van der Waals surface area contributed by atoms with E-state index in [-0.39, 0.29) is 0 Å². The summed E-state index contributed by atoms with van der Waals surface area (Å²) in [4.78, 5) is 12.2. The van der Waals surface area contributed by atoms with Crippen LogP contribution >= 0.6 is 28.1 Å². The largest absolute Gasteiger partial charge is 0.338 e. The summed E-state index contributed by atoms with van der Waals surface area (Å²) in [7, 11) is 0. The van der Waals surface area contributed by atoms with Gasteiger partial charge in [0.15, 0.2) is 5.82 Å². The van der Waals surface area contributed by atoms with Gasteiger partial charge in [0, 0.05) is 16.2 Å². The van der Waals surface area contributed by atoms with Crippen molar-refractivity contribution in [1.82, 2.24) is 15.0 Å². The smallest absolute Gasteiger partial charge is 0.158 e. The van der Waals surface area contributed by atoms with Crippen LogP contribution in [-0.4, -0.2) is 15.0 Å². The molecule has 3 rings (SSSR count). The fraction of sp³-hybridized carbons (Fsp3) is 0.0625. The average Bonchev–Trinajstić information content (AvgIpc) is 2.51. The molecule has 1 aromatic carbocycles. The minimum atomic E-state index is 0.590. The lowest BCUT2D eigenvalue weighted by atomic mass is 10.1. The average molecular weight is 358 g/mol. The second kappa shape index (κ2) is 5.87. The molecule has 21 heavy (non-hydrogen) atoms. The third-order valence-corrected chi connectivity index (χ3v) is 4.05. The Morgan fingerprint density at radius 3 is 2.52 bits per heavy atom. The third kappa shape index (κ3) is 2.94. The van der Waals surface area contributed by atoms with E-state index in [4.69, 9.17) is 12.2 Å². The summed E-state index contributed by atoms with van der Waals surface area (Å²) in [6, 6.07) is 13.9. The van der Waals surface area contributed by atoms with Gasteiger partial charge < -0.3 is 4.98 Å². The second-order valence-corrected chi connectivity index (χ2v) is 5.92. The number of halogens is 1. The second-order valence-electron chi connectivity index (χ2n) is 4.62. The van der Waals surface area contributed by atoms with Crippen LogP contribution in [0.2, 0.25) is 0 Å². The molecule has 1 N–H and O–H groups in total. The fourth-order valence-electron chi connectivity index (χ4n) is 2.06. The maximum Gasteiger partial charge on any atom is 0.158 e. The highest BCUT2D eigenvalue weighted by Crippen LogP contribution is 2.24. The van der Waals surface area contributed by atoms with Crippen LogP contribution < -0.4 is 0 Å². The zero-order valence-electron chi connectivity index (χ0n) is 11.3. The first-order valence-electron chi connectivity index (χ1n) is 6.43. The Kier molecular flexibility index (Phi) is 3.94. The van der Waals surface area contributed by atoms with E-state index in [1.807, 2.05) is 49.4 Å². The summed E-state index contributed by atoms with van der Waals surface area (Å²) >= 11 is 8.77. The number of hydrogen-bond acceptors (Lipinski definition) is 3. The van der Waals surface area contributed by atoms with Crippen LogP contribution in [0.3, 0.4) is 0 Å². The molecule has 3 nitrogen and oxygen atoms in total. The molecule has 2 heterocycles. The molecule has 0 aliphatic rings. The first-order chi connectivity index (χ1) is 10.1. The molecule has 104 valence electrons. The number of pyridine rings is 1. The monoisotopic (exact) mass is 357 g/mol. The van der Waals surface area contributed by atoms with Gasteiger partial charge in [0.05, 0.1) is 5.69 Å². The zero-order chi connectivity index (χ0) is 14.8. The van der Waals surface area contributed by atoms with Gasteiger partial charge in [-0.25, -0.2) is 4.98 Å². The number of aromatic nitrogens is 3. The number of nitrogens with one attached hydrogen (secondary N) is 1. The summed E-state index contributed by atoms with van der Waals surface area (Å²) in [6.07, 6.45) is 1.75. The molecule has 2 aromatic heterocycles. The molecule has 5 heteroatoms. The Labute approximate surface area is 136 Å². The van der Waals surface area contributed by atoms with Crippen LogP contribution in [0.1, 0.15) is 5.56 Å². The van der Waals surface area contributed by atoms with E-state index in [0.717, 1.165) is 27.0 Å². The molecule has 0 fully saturated rings.